The summed E-state index contributed by atoms with van der Waals surface area (Å²) in [5, 5.41) is 11.4. The van der Waals surface area contributed by atoms with Gasteiger partial charge in [0.05, 0.1) is 5.71 Å². The number of nitrogens with zero attached hydrogens (tertiary/aromatic N) is 5. The second-order valence-corrected chi connectivity index (χ2v) is 5.80. The zero-order valence-electron chi connectivity index (χ0n) is 11.8. The molecule has 1 amide bonds. The second kappa shape index (κ2) is 5.64. The molecule has 1 saturated heterocycles. The molecule has 0 bridgehead atoms. The molecule has 106 valence electrons. The van der Waals surface area contributed by atoms with E-state index in [1.807, 2.05) is 20.8 Å². The molecule has 19 heavy (non-hydrogen) atoms. The number of hydrogen-bond acceptors (Lipinski definition) is 6. The molecular weight excluding hydrogens is 246 g/mol. The average Bonchev–Trinajstić information content (AvgIpc) is 2.80. The smallest absolute Gasteiger partial charge is 0.410 e. The Morgan fingerprint density at radius 2 is 1.95 bits per heavy atom. The van der Waals surface area contributed by atoms with Crippen molar-refractivity contribution in [3.05, 3.63) is 0 Å². The lowest BCUT2D eigenvalue weighted by Crippen LogP contribution is -2.51. The standard InChI is InChI=1S/C12H21N5O2/c1-12(2,3)19-11(18)17-6-4-16(5-7-17)9-10-8-13-15-14-10/h4-9H2,1-3H3. The molecule has 0 aliphatic carbocycles. The molecule has 2 heterocycles. The van der Waals surface area contributed by atoms with Gasteiger partial charge in [-0.05, 0) is 26.0 Å². The summed E-state index contributed by atoms with van der Waals surface area (Å²) in [4.78, 5) is 15.9. The topological polar surface area (TPSA) is 69.9 Å². The predicted octanol–water partition coefficient (Wildman–Crippen LogP) is 1.36. The molecule has 7 heteroatoms. The minimum absolute atomic E-state index is 0.227. The molecule has 0 aromatic carbocycles. The van der Waals surface area contributed by atoms with Gasteiger partial charge in [0.25, 0.3) is 0 Å². The molecule has 0 atom stereocenters. The molecule has 2 aliphatic rings. The zero-order chi connectivity index (χ0) is 13.9. The van der Waals surface area contributed by atoms with Crippen LogP contribution in [0.1, 0.15) is 20.8 Å². The molecule has 0 aromatic heterocycles. The summed E-state index contributed by atoms with van der Waals surface area (Å²) in [7, 11) is 0. The summed E-state index contributed by atoms with van der Waals surface area (Å²) in [5.74, 6) is 0. The fourth-order valence-electron chi connectivity index (χ4n) is 1.99. The van der Waals surface area contributed by atoms with Crippen molar-refractivity contribution in [1.29, 1.82) is 0 Å². The lowest BCUT2D eigenvalue weighted by Gasteiger charge is -2.35. The summed E-state index contributed by atoms with van der Waals surface area (Å²) in [6.45, 7) is 10.1. The summed E-state index contributed by atoms with van der Waals surface area (Å²) in [6, 6.07) is 0. The van der Waals surface area contributed by atoms with Gasteiger partial charge >= 0.3 is 6.09 Å². The Balaban J connectivity index is 1.74. The van der Waals surface area contributed by atoms with Crippen LogP contribution >= 0.6 is 0 Å². The molecule has 0 N–H and O–H groups in total. The Labute approximate surface area is 113 Å². The van der Waals surface area contributed by atoms with Crippen molar-refractivity contribution in [3.63, 3.8) is 0 Å². The van der Waals surface area contributed by atoms with E-state index >= 15 is 0 Å². The first-order chi connectivity index (χ1) is 8.94. The van der Waals surface area contributed by atoms with E-state index in [-0.39, 0.29) is 6.09 Å². The van der Waals surface area contributed by atoms with Gasteiger partial charge in [-0.3, -0.25) is 4.90 Å². The molecule has 0 saturated carbocycles. The molecule has 2 aliphatic heterocycles. The highest BCUT2D eigenvalue weighted by Gasteiger charge is 2.26. The Morgan fingerprint density at radius 3 is 2.47 bits per heavy atom. The van der Waals surface area contributed by atoms with Gasteiger partial charge in [-0.1, -0.05) is 0 Å². The van der Waals surface area contributed by atoms with Gasteiger partial charge in [0.1, 0.15) is 12.1 Å². The van der Waals surface area contributed by atoms with Crippen molar-refractivity contribution < 1.29 is 9.53 Å². The fourth-order valence-corrected chi connectivity index (χ4v) is 1.99. The van der Waals surface area contributed by atoms with Crippen LogP contribution in [0.25, 0.3) is 0 Å². The van der Waals surface area contributed by atoms with Gasteiger partial charge in [-0.25, -0.2) is 4.79 Å². The maximum absolute atomic E-state index is 11.9. The normalized spacial score (nSPS) is 20.6. The van der Waals surface area contributed by atoms with Crippen LogP contribution in [0.5, 0.6) is 0 Å². The molecular formula is C12H21N5O2. The highest BCUT2D eigenvalue weighted by Crippen LogP contribution is 2.12. The van der Waals surface area contributed by atoms with E-state index in [1.54, 1.807) is 4.90 Å². The van der Waals surface area contributed by atoms with Gasteiger partial charge < -0.3 is 9.64 Å². The van der Waals surface area contributed by atoms with Crippen molar-refractivity contribution >= 4 is 11.8 Å². The highest BCUT2D eigenvalue weighted by molar-refractivity contribution is 5.88. The maximum Gasteiger partial charge on any atom is 0.410 e. The van der Waals surface area contributed by atoms with Crippen LogP contribution in [0.2, 0.25) is 0 Å². The van der Waals surface area contributed by atoms with E-state index in [4.69, 9.17) is 4.74 Å². The van der Waals surface area contributed by atoms with Crippen LogP contribution in [0.3, 0.4) is 0 Å². The zero-order valence-corrected chi connectivity index (χ0v) is 11.8. The third-order valence-electron chi connectivity index (χ3n) is 2.93. The summed E-state index contributed by atoms with van der Waals surface area (Å²) >= 11 is 0. The largest absolute Gasteiger partial charge is 0.444 e. The van der Waals surface area contributed by atoms with Crippen molar-refractivity contribution in [3.8, 4) is 0 Å². The molecule has 0 spiro atoms. The number of hydrogen-bond donors (Lipinski definition) is 0. The first-order valence-electron chi connectivity index (χ1n) is 6.56. The minimum Gasteiger partial charge on any atom is -0.444 e. The van der Waals surface area contributed by atoms with E-state index < -0.39 is 5.60 Å². The third kappa shape index (κ3) is 4.27. The number of rotatable bonds is 2. The number of carbonyl (C=O) groups is 1. The van der Waals surface area contributed by atoms with Crippen LogP contribution in [-0.2, 0) is 4.74 Å². The van der Waals surface area contributed by atoms with Gasteiger partial charge in [-0.2, -0.15) is 5.11 Å². The van der Waals surface area contributed by atoms with E-state index in [1.165, 1.54) is 0 Å². The molecule has 0 radical (unpaired) electrons. The van der Waals surface area contributed by atoms with Crippen LogP contribution in [0, 0.1) is 0 Å². The van der Waals surface area contributed by atoms with Crippen LogP contribution in [0.15, 0.2) is 15.4 Å². The fraction of sp³-hybridized carbons (Fsp3) is 0.833. The minimum atomic E-state index is -0.435. The third-order valence-corrected chi connectivity index (χ3v) is 2.93. The van der Waals surface area contributed by atoms with Crippen LogP contribution in [0.4, 0.5) is 4.79 Å². The quantitative estimate of drug-likeness (QED) is 0.758. The van der Waals surface area contributed by atoms with Gasteiger partial charge in [0.15, 0.2) is 0 Å². The monoisotopic (exact) mass is 267 g/mol. The Morgan fingerprint density at radius 1 is 1.26 bits per heavy atom. The predicted molar refractivity (Wildman–Crippen MR) is 71.4 cm³/mol. The van der Waals surface area contributed by atoms with E-state index in [9.17, 15) is 4.79 Å². The highest BCUT2D eigenvalue weighted by atomic mass is 16.6. The number of amides is 1. The molecule has 1 fully saturated rings. The maximum atomic E-state index is 11.9. The molecule has 2 rings (SSSR count). The summed E-state index contributed by atoms with van der Waals surface area (Å²) in [6.07, 6.45) is -0.227. The average molecular weight is 267 g/mol. The van der Waals surface area contributed by atoms with Gasteiger partial charge in [-0.15, -0.1) is 5.10 Å². The second-order valence-electron chi connectivity index (χ2n) is 5.80. The molecule has 0 unspecified atom stereocenters. The summed E-state index contributed by atoms with van der Waals surface area (Å²) in [5.41, 5.74) is 0.557. The lowest BCUT2D eigenvalue weighted by molar-refractivity contribution is 0.0157. The number of ether oxygens (including phenoxy) is 1. The Kier molecular flexibility index (Phi) is 4.14. The van der Waals surface area contributed by atoms with Gasteiger partial charge in [0.2, 0.25) is 0 Å². The van der Waals surface area contributed by atoms with Crippen molar-refractivity contribution in [2.45, 2.75) is 26.4 Å². The van der Waals surface area contributed by atoms with Crippen molar-refractivity contribution in [2.75, 3.05) is 39.3 Å². The SMILES string of the molecule is CC(C)(C)OC(=O)N1CCN(CC2=NN=NC2)CC1. The summed E-state index contributed by atoms with van der Waals surface area (Å²) < 4.78 is 5.36. The van der Waals surface area contributed by atoms with E-state index in [2.05, 4.69) is 20.3 Å². The molecule has 7 nitrogen and oxygen atoms in total. The number of carbonyl (C=O) groups excluding carboxylic acids is 1. The Bertz CT molecular complexity index is 391. The Hall–Kier alpha value is -1.50. The van der Waals surface area contributed by atoms with E-state index in [0.29, 0.717) is 19.6 Å². The van der Waals surface area contributed by atoms with Crippen LogP contribution < -0.4 is 0 Å². The molecule has 0 aromatic rings. The first kappa shape index (κ1) is 13.9. The van der Waals surface area contributed by atoms with Crippen molar-refractivity contribution in [1.82, 2.24) is 9.80 Å². The van der Waals surface area contributed by atoms with Crippen LogP contribution in [-0.4, -0.2) is 66.5 Å². The first-order valence-corrected chi connectivity index (χ1v) is 6.56. The lowest BCUT2D eigenvalue weighted by atomic mass is 10.2. The van der Waals surface area contributed by atoms with Gasteiger partial charge in [0, 0.05) is 32.7 Å². The van der Waals surface area contributed by atoms with Crippen molar-refractivity contribution in [2.24, 2.45) is 15.4 Å². The number of piperazine rings is 1. The van der Waals surface area contributed by atoms with E-state index in [0.717, 1.165) is 25.3 Å².